The van der Waals surface area contributed by atoms with Crippen molar-refractivity contribution in [2.75, 3.05) is 6.26 Å². The van der Waals surface area contributed by atoms with Crippen molar-refractivity contribution >= 4 is 9.84 Å². The number of hydrogen-bond donors (Lipinski definition) is 0. The maximum atomic E-state index is 13.4. The molecule has 3 rings (SSSR count). The quantitative estimate of drug-likeness (QED) is 0.540. The minimum absolute atomic E-state index is 0.199. The van der Waals surface area contributed by atoms with E-state index in [-0.39, 0.29) is 16.3 Å². The van der Waals surface area contributed by atoms with Crippen LogP contribution in [0.3, 0.4) is 0 Å². The fourth-order valence-corrected chi connectivity index (χ4v) is 3.72. The first-order valence-corrected chi connectivity index (χ1v) is 11.4. The van der Waals surface area contributed by atoms with Gasteiger partial charge in [-0.3, -0.25) is 4.79 Å². The van der Waals surface area contributed by atoms with Gasteiger partial charge in [0.2, 0.25) is 0 Å². The van der Waals surface area contributed by atoms with Crippen molar-refractivity contribution in [1.29, 1.82) is 0 Å². The third kappa shape index (κ3) is 4.98. The molecule has 0 unspecified atom stereocenters. The Kier molecular flexibility index (Phi) is 6.27. The van der Waals surface area contributed by atoms with Gasteiger partial charge in [0, 0.05) is 30.0 Å². The summed E-state index contributed by atoms with van der Waals surface area (Å²) in [4.78, 5) is 12.8. The molecule has 1 aromatic heterocycles. The second-order valence-corrected chi connectivity index (χ2v) is 8.99. The van der Waals surface area contributed by atoms with Crippen molar-refractivity contribution in [3.63, 3.8) is 0 Å². The van der Waals surface area contributed by atoms with E-state index in [1.54, 1.807) is 24.3 Å². The molecular formula is C22H23FN2O3S. The number of sulfone groups is 1. The third-order valence-electron chi connectivity index (χ3n) is 4.68. The molecule has 0 aliphatic heterocycles. The fraction of sp³-hybridized carbons (Fsp3) is 0.273. The second-order valence-electron chi connectivity index (χ2n) is 6.98. The predicted octanol–water partition coefficient (Wildman–Crippen LogP) is 4.31. The van der Waals surface area contributed by atoms with E-state index < -0.39 is 9.84 Å². The van der Waals surface area contributed by atoms with Crippen LogP contribution in [0.2, 0.25) is 0 Å². The highest BCUT2D eigenvalue weighted by molar-refractivity contribution is 7.90. The number of nitrogens with zero attached hydrogens (tertiary/aromatic N) is 2. The van der Waals surface area contributed by atoms with Crippen LogP contribution in [-0.4, -0.2) is 24.5 Å². The van der Waals surface area contributed by atoms with Crippen molar-refractivity contribution < 1.29 is 12.8 Å². The third-order valence-corrected chi connectivity index (χ3v) is 5.81. The van der Waals surface area contributed by atoms with Crippen LogP contribution in [0.5, 0.6) is 0 Å². The van der Waals surface area contributed by atoms with Gasteiger partial charge in [0.15, 0.2) is 9.84 Å². The summed E-state index contributed by atoms with van der Waals surface area (Å²) in [7, 11) is -3.32. The van der Waals surface area contributed by atoms with Gasteiger partial charge in [-0.2, -0.15) is 5.10 Å². The Hall–Kier alpha value is -2.80. The number of benzene rings is 2. The van der Waals surface area contributed by atoms with Crippen LogP contribution in [0.25, 0.3) is 22.4 Å². The van der Waals surface area contributed by atoms with Gasteiger partial charge in [-0.05, 0) is 48.4 Å². The van der Waals surface area contributed by atoms with Crippen LogP contribution in [0.4, 0.5) is 4.39 Å². The van der Waals surface area contributed by atoms with Gasteiger partial charge in [-0.15, -0.1) is 0 Å². The zero-order chi connectivity index (χ0) is 21.0. The maximum absolute atomic E-state index is 13.4. The first-order valence-electron chi connectivity index (χ1n) is 9.48. The van der Waals surface area contributed by atoms with Crippen molar-refractivity contribution in [2.24, 2.45) is 0 Å². The lowest BCUT2D eigenvalue weighted by atomic mass is 10.00. The van der Waals surface area contributed by atoms with Crippen LogP contribution in [-0.2, 0) is 16.4 Å². The normalized spacial score (nSPS) is 11.6. The van der Waals surface area contributed by atoms with Gasteiger partial charge in [-0.25, -0.2) is 17.5 Å². The number of aryl methyl sites for hydroxylation is 1. The molecule has 0 atom stereocenters. The zero-order valence-electron chi connectivity index (χ0n) is 16.4. The molecular weight excluding hydrogens is 391 g/mol. The first-order chi connectivity index (χ1) is 13.8. The van der Waals surface area contributed by atoms with E-state index in [0.29, 0.717) is 28.9 Å². The summed E-state index contributed by atoms with van der Waals surface area (Å²) in [5.74, 6) is -0.357. The molecule has 0 N–H and O–H groups in total. The van der Waals surface area contributed by atoms with Crippen LogP contribution in [0.1, 0.15) is 26.2 Å². The van der Waals surface area contributed by atoms with E-state index >= 15 is 0 Å². The average Bonchev–Trinajstić information content (AvgIpc) is 2.69. The summed E-state index contributed by atoms with van der Waals surface area (Å²) in [5.41, 5.74) is 2.25. The Balaban J connectivity index is 2.13. The Morgan fingerprint density at radius 2 is 1.59 bits per heavy atom. The minimum Gasteiger partial charge on any atom is -0.268 e. The lowest BCUT2D eigenvalue weighted by molar-refractivity contribution is 0.531. The lowest BCUT2D eigenvalue weighted by Gasteiger charge is -2.13. The Bertz CT molecular complexity index is 1150. The zero-order valence-corrected chi connectivity index (χ0v) is 17.2. The fourth-order valence-electron chi connectivity index (χ4n) is 3.08. The summed E-state index contributed by atoms with van der Waals surface area (Å²) < 4.78 is 38.3. The monoisotopic (exact) mass is 414 g/mol. The number of halogens is 1. The van der Waals surface area contributed by atoms with E-state index in [4.69, 9.17) is 0 Å². The molecule has 0 bridgehead atoms. The van der Waals surface area contributed by atoms with Gasteiger partial charge in [0.1, 0.15) is 5.82 Å². The number of unbranched alkanes of at least 4 members (excludes halogenated alkanes) is 2. The van der Waals surface area contributed by atoms with E-state index in [2.05, 4.69) is 12.0 Å². The highest BCUT2D eigenvalue weighted by Crippen LogP contribution is 2.30. The first kappa shape index (κ1) is 20.9. The van der Waals surface area contributed by atoms with Crippen molar-refractivity contribution in [2.45, 2.75) is 37.6 Å². The molecule has 7 heteroatoms. The Labute approximate surface area is 169 Å². The highest BCUT2D eigenvalue weighted by Gasteiger charge is 2.14. The summed E-state index contributed by atoms with van der Waals surface area (Å²) in [6.45, 7) is 2.59. The largest absolute Gasteiger partial charge is 0.268 e. The van der Waals surface area contributed by atoms with Crippen molar-refractivity contribution in [3.05, 3.63) is 70.8 Å². The predicted molar refractivity (Wildman–Crippen MR) is 112 cm³/mol. The van der Waals surface area contributed by atoms with Crippen LogP contribution in [0.15, 0.2) is 64.3 Å². The maximum Gasteiger partial charge on any atom is 0.267 e. The topological polar surface area (TPSA) is 69.0 Å². The average molecular weight is 415 g/mol. The van der Waals surface area contributed by atoms with Crippen molar-refractivity contribution in [3.8, 4) is 22.4 Å². The lowest BCUT2D eigenvalue weighted by Crippen LogP contribution is -2.23. The number of aromatic nitrogens is 2. The second kappa shape index (κ2) is 8.69. The van der Waals surface area contributed by atoms with Gasteiger partial charge in [0.25, 0.3) is 5.56 Å². The van der Waals surface area contributed by atoms with E-state index in [9.17, 15) is 17.6 Å². The minimum atomic E-state index is -3.32. The summed E-state index contributed by atoms with van der Waals surface area (Å²) in [5, 5.41) is 4.55. The molecule has 0 saturated heterocycles. The van der Waals surface area contributed by atoms with Gasteiger partial charge < -0.3 is 0 Å². The van der Waals surface area contributed by atoms with Gasteiger partial charge in [-0.1, -0.05) is 31.9 Å². The Morgan fingerprint density at radius 1 is 0.966 bits per heavy atom. The molecule has 0 aliphatic rings. The molecule has 0 saturated carbocycles. The van der Waals surface area contributed by atoms with Crippen LogP contribution in [0, 0.1) is 5.82 Å². The van der Waals surface area contributed by atoms with Gasteiger partial charge >= 0.3 is 0 Å². The molecule has 0 fully saturated rings. The summed E-state index contributed by atoms with van der Waals surface area (Å²) in [6, 6.07) is 13.8. The molecule has 152 valence electrons. The number of rotatable bonds is 7. The van der Waals surface area contributed by atoms with E-state index in [1.807, 2.05) is 0 Å². The SMILES string of the molecule is CCCCCn1nc(-c2ccc(F)cc2)c(-c2ccc(S(C)(=O)=O)cc2)cc1=O. The molecule has 2 aromatic carbocycles. The molecule has 3 aromatic rings. The standard InChI is InChI=1S/C22H23FN2O3S/c1-3-4-5-14-25-21(26)15-20(16-8-12-19(13-9-16)29(2,27)28)22(24-25)17-6-10-18(23)11-7-17/h6-13,15H,3-5,14H2,1-2H3. The molecule has 5 nitrogen and oxygen atoms in total. The van der Waals surface area contributed by atoms with E-state index in [0.717, 1.165) is 25.5 Å². The molecule has 0 aliphatic carbocycles. The smallest absolute Gasteiger partial charge is 0.267 e. The molecule has 0 radical (unpaired) electrons. The van der Waals surface area contributed by atoms with Gasteiger partial charge in [0.05, 0.1) is 10.6 Å². The molecule has 29 heavy (non-hydrogen) atoms. The van der Waals surface area contributed by atoms with Crippen molar-refractivity contribution in [1.82, 2.24) is 9.78 Å². The van der Waals surface area contributed by atoms with Crippen LogP contribution >= 0.6 is 0 Å². The number of hydrogen-bond acceptors (Lipinski definition) is 4. The molecule has 0 amide bonds. The van der Waals surface area contributed by atoms with Crippen LogP contribution < -0.4 is 5.56 Å². The van der Waals surface area contributed by atoms with E-state index in [1.165, 1.54) is 35.0 Å². The highest BCUT2D eigenvalue weighted by atomic mass is 32.2. The summed E-state index contributed by atoms with van der Waals surface area (Å²) in [6.07, 6.45) is 4.01. The Morgan fingerprint density at radius 3 is 2.17 bits per heavy atom. The summed E-state index contributed by atoms with van der Waals surface area (Å²) >= 11 is 0. The molecule has 1 heterocycles. The molecule has 0 spiro atoms.